The van der Waals surface area contributed by atoms with E-state index in [1.54, 1.807) is 6.20 Å². The summed E-state index contributed by atoms with van der Waals surface area (Å²) in [6, 6.07) is 10.5. The number of nitrogens with zero attached hydrogens (tertiary/aromatic N) is 2. The van der Waals surface area contributed by atoms with Gasteiger partial charge in [-0.25, -0.2) is 0 Å². The lowest BCUT2D eigenvalue weighted by atomic mass is 10.2. The van der Waals surface area contributed by atoms with Crippen LogP contribution in [0.15, 0.2) is 36.7 Å². The van der Waals surface area contributed by atoms with Crippen molar-refractivity contribution in [3.63, 3.8) is 0 Å². The summed E-state index contributed by atoms with van der Waals surface area (Å²) >= 11 is 5.80. The summed E-state index contributed by atoms with van der Waals surface area (Å²) in [6.07, 6.45) is 3.68. The highest BCUT2D eigenvalue weighted by molar-refractivity contribution is 6.30. The molecule has 0 saturated heterocycles. The van der Waals surface area contributed by atoms with Crippen molar-refractivity contribution in [1.29, 1.82) is 0 Å². The van der Waals surface area contributed by atoms with Gasteiger partial charge < -0.3 is 0 Å². The van der Waals surface area contributed by atoms with E-state index in [4.69, 9.17) is 11.6 Å². The van der Waals surface area contributed by atoms with Gasteiger partial charge >= 0.3 is 0 Å². The second-order valence-electron chi connectivity index (χ2n) is 2.75. The molecule has 1 radical (unpaired) electrons. The van der Waals surface area contributed by atoms with E-state index in [1.165, 1.54) is 0 Å². The van der Waals surface area contributed by atoms with E-state index >= 15 is 0 Å². The van der Waals surface area contributed by atoms with Crippen LogP contribution in [0.25, 0.3) is 0 Å². The van der Waals surface area contributed by atoms with Crippen molar-refractivity contribution >= 4 is 11.6 Å². The molecule has 13 heavy (non-hydrogen) atoms. The van der Waals surface area contributed by atoms with Crippen molar-refractivity contribution in [2.45, 2.75) is 6.54 Å². The third kappa shape index (κ3) is 2.10. The number of rotatable bonds is 2. The molecule has 1 aromatic heterocycles. The summed E-state index contributed by atoms with van der Waals surface area (Å²) < 4.78 is 1.85. The second-order valence-corrected chi connectivity index (χ2v) is 3.16. The third-order valence-electron chi connectivity index (χ3n) is 1.73. The van der Waals surface area contributed by atoms with Gasteiger partial charge in [0.2, 0.25) is 0 Å². The lowest BCUT2D eigenvalue weighted by Crippen LogP contribution is -1.99. The summed E-state index contributed by atoms with van der Waals surface area (Å²) in [7, 11) is 0. The Morgan fingerprint density at radius 2 is 2.46 bits per heavy atom. The smallest absolute Gasteiger partial charge is 0.0659 e. The van der Waals surface area contributed by atoms with Gasteiger partial charge in [-0.1, -0.05) is 23.7 Å². The summed E-state index contributed by atoms with van der Waals surface area (Å²) in [4.78, 5) is 0. The van der Waals surface area contributed by atoms with Gasteiger partial charge in [-0.3, -0.25) is 4.68 Å². The maximum Gasteiger partial charge on any atom is 0.0659 e. The Labute approximate surface area is 81.8 Å². The van der Waals surface area contributed by atoms with Gasteiger partial charge in [0.05, 0.1) is 6.54 Å². The fraction of sp³-hybridized carbons (Fsp3) is 0.100. The van der Waals surface area contributed by atoms with Gasteiger partial charge in [0, 0.05) is 23.5 Å². The van der Waals surface area contributed by atoms with E-state index < -0.39 is 0 Å². The zero-order valence-corrected chi connectivity index (χ0v) is 7.70. The molecule has 2 rings (SSSR count). The first-order valence-corrected chi connectivity index (χ1v) is 4.36. The van der Waals surface area contributed by atoms with Crippen LogP contribution in [-0.2, 0) is 6.54 Å². The minimum atomic E-state index is 0.643. The molecular weight excluding hydrogens is 184 g/mol. The first kappa shape index (κ1) is 8.32. The van der Waals surface area contributed by atoms with Crippen LogP contribution in [0.4, 0.5) is 0 Å². The van der Waals surface area contributed by atoms with Gasteiger partial charge in [-0.05, 0) is 17.7 Å². The predicted molar refractivity (Wildman–Crippen MR) is 51.6 cm³/mol. The fourth-order valence-electron chi connectivity index (χ4n) is 1.16. The SMILES string of the molecule is Clc1[c]ccc(Cn2cccn2)c1. The minimum absolute atomic E-state index is 0.643. The predicted octanol–water partition coefficient (Wildman–Crippen LogP) is 2.38. The molecule has 0 aliphatic carbocycles. The molecule has 3 heteroatoms. The Kier molecular flexibility index (Phi) is 2.32. The number of halogens is 1. The average Bonchev–Trinajstić information content (AvgIpc) is 2.57. The summed E-state index contributed by atoms with van der Waals surface area (Å²) in [6.45, 7) is 0.751. The van der Waals surface area contributed by atoms with Crippen molar-refractivity contribution in [1.82, 2.24) is 9.78 Å². The maximum atomic E-state index is 5.80. The van der Waals surface area contributed by atoms with E-state index in [0.29, 0.717) is 5.02 Å². The molecule has 0 bridgehead atoms. The highest BCUT2D eigenvalue weighted by Gasteiger charge is 1.95. The molecule has 0 spiro atoms. The highest BCUT2D eigenvalue weighted by atomic mass is 35.5. The van der Waals surface area contributed by atoms with Gasteiger partial charge in [-0.2, -0.15) is 5.10 Å². The first-order valence-electron chi connectivity index (χ1n) is 3.98. The van der Waals surface area contributed by atoms with Crippen LogP contribution in [-0.4, -0.2) is 9.78 Å². The zero-order chi connectivity index (χ0) is 9.10. The van der Waals surface area contributed by atoms with Gasteiger partial charge in [-0.15, -0.1) is 0 Å². The molecular formula is C10H8ClN2. The van der Waals surface area contributed by atoms with Crippen LogP contribution in [0, 0.1) is 6.07 Å². The Balaban J connectivity index is 2.19. The Hall–Kier alpha value is -1.28. The van der Waals surface area contributed by atoms with E-state index in [-0.39, 0.29) is 0 Å². The zero-order valence-electron chi connectivity index (χ0n) is 6.94. The molecule has 0 unspecified atom stereocenters. The fourth-order valence-corrected chi connectivity index (χ4v) is 1.36. The van der Waals surface area contributed by atoms with E-state index in [2.05, 4.69) is 11.2 Å². The monoisotopic (exact) mass is 191 g/mol. The molecule has 0 N–H and O–H groups in total. The van der Waals surface area contributed by atoms with Gasteiger partial charge in [0.1, 0.15) is 0 Å². The van der Waals surface area contributed by atoms with Crippen LogP contribution < -0.4 is 0 Å². The van der Waals surface area contributed by atoms with E-state index in [9.17, 15) is 0 Å². The summed E-state index contributed by atoms with van der Waals surface area (Å²) in [5.41, 5.74) is 1.13. The Morgan fingerprint density at radius 1 is 1.54 bits per heavy atom. The molecule has 0 aliphatic heterocycles. The quantitative estimate of drug-likeness (QED) is 0.713. The second kappa shape index (κ2) is 3.62. The normalized spacial score (nSPS) is 10.2. The number of aromatic nitrogens is 2. The third-order valence-corrected chi connectivity index (χ3v) is 1.95. The largest absolute Gasteiger partial charge is 0.268 e. The Bertz CT molecular complexity index is 382. The van der Waals surface area contributed by atoms with Crippen LogP contribution in [0.2, 0.25) is 5.02 Å². The van der Waals surface area contributed by atoms with Crippen molar-refractivity contribution in [3.8, 4) is 0 Å². The van der Waals surface area contributed by atoms with Crippen LogP contribution in [0.1, 0.15) is 5.56 Å². The molecule has 1 aromatic carbocycles. The van der Waals surface area contributed by atoms with Crippen molar-refractivity contribution in [3.05, 3.63) is 53.3 Å². The van der Waals surface area contributed by atoms with Crippen LogP contribution in [0.3, 0.4) is 0 Å². The Morgan fingerprint density at radius 3 is 3.15 bits per heavy atom. The topological polar surface area (TPSA) is 17.8 Å². The van der Waals surface area contributed by atoms with Crippen LogP contribution >= 0.6 is 11.6 Å². The number of hydrogen-bond donors (Lipinski definition) is 0. The first-order chi connectivity index (χ1) is 6.34. The van der Waals surface area contributed by atoms with Gasteiger partial charge in [0.15, 0.2) is 0 Å². The van der Waals surface area contributed by atoms with Crippen molar-refractivity contribution in [2.24, 2.45) is 0 Å². The maximum absolute atomic E-state index is 5.80. The average molecular weight is 192 g/mol. The van der Waals surface area contributed by atoms with Gasteiger partial charge in [0.25, 0.3) is 0 Å². The summed E-state index contributed by atoms with van der Waals surface area (Å²) in [5.74, 6) is 0. The molecule has 0 amide bonds. The minimum Gasteiger partial charge on any atom is -0.268 e. The molecule has 0 aliphatic rings. The molecule has 0 saturated carbocycles. The van der Waals surface area contributed by atoms with Crippen molar-refractivity contribution < 1.29 is 0 Å². The molecule has 2 nitrogen and oxygen atoms in total. The van der Waals surface area contributed by atoms with E-state index in [1.807, 2.05) is 35.1 Å². The number of benzene rings is 1. The molecule has 1 heterocycles. The number of hydrogen-bond acceptors (Lipinski definition) is 1. The van der Waals surface area contributed by atoms with Crippen LogP contribution in [0.5, 0.6) is 0 Å². The van der Waals surface area contributed by atoms with Crippen molar-refractivity contribution in [2.75, 3.05) is 0 Å². The molecule has 65 valence electrons. The lowest BCUT2D eigenvalue weighted by molar-refractivity contribution is 0.687. The lowest BCUT2D eigenvalue weighted by Gasteiger charge is -2.01. The molecule has 0 fully saturated rings. The summed E-state index contributed by atoms with van der Waals surface area (Å²) in [5, 5.41) is 4.75. The molecule has 2 aromatic rings. The molecule has 0 atom stereocenters. The highest BCUT2D eigenvalue weighted by Crippen LogP contribution is 2.10. The standard InChI is InChI=1S/C10H8ClN2/c11-10-4-1-3-9(7-10)8-13-6-2-5-12-13/h1-3,5-7H,8H2. The van der Waals surface area contributed by atoms with E-state index in [0.717, 1.165) is 12.1 Å².